The lowest BCUT2D eigenvalue weighted by molar-refractivity contribution is 0.0699. The van der Waals surface area contributed by atoms with Gasteiger partial charge in [-0.2, -0.15) is 4.31 Å². The molecule has 6 nitrogen and oxygen atoms in total. The summed E-state index contributed by atoms with van der Waals surface area (Å²) >= 11 is 0. The fraction of sp³-hybridized carbons (Fsp3) is 0.381. The first-order chi connectivity index (χ1) is 13.3. The van der Waals surface area contributed by atoms with Crippen molar-refractivity contribution in [1.29, 1.82) is 0 Å². The first kappa shape index (κ1) is 20.7. The lowest BCUT2D eigenvalue weighted by atomic mass is 10.1. The number of sulfonamides is 1. The largest absolute Gasteiger partial charge is 0.388 e. The molecule has 0 bridgehead atoms. The zero-order valence-corrected chi connectivity index (χ0v) is 17.0. The molecule has 1 aliphatic heterocycles. The van der Waals surface area contributed by atoms with Gasteiger partial charge in [0, 0.05) is 37.3 Å². The van der Waals surface area contributed by atoms with Crippen LogP contribution in [0.5, 0.6) is 0 Å². The molecule has 2 aromatic carbocycles. The second-order valence-corrected chi connectivity index (χ2v) is 9.22. The van der Waals surface area contributed by atoms with Crippen LogP contribution in [-0.4, -0.2) is 60.3 Å². The van der Waals surface area contributed by atoms with Gasteiger partial charge in [0.2, 0.25) is 10.0 Å². The van der Waals surface area contributed by atoms with Crippen molar-refractivity contribution in [3.8, 4) is 0 Å². The molecule has 1 heterocycles. The number of carbonyl (C=O) groups is 1. The van der Waals surface area contributed by atoms with Crippen LogP contribution in [0.25, 0.3) is 0 Å². The van der Waals surface area contributed by atoms with Gasteiger partial charge in [-0.15, -0.1) is 0 Å². The fourth-order valence-electron chi connectivity index (χ4n) is 3.66. The van der Waals surface area contributed by atoms with Crippen molar-refractivity contribution < 1.29 is 18.3 Å². The van der Waals surface area contributed by atoms with Crippen LogP contribution in [0.15, 0.2) is 59.5 Å². The third kappa shape index (κ3) is 4.33. The molecule has 3 rings (SSSR count). The second kappa shape index (κ2) is 8.53. The molecule has 1 aliphatic rings. The number of piperazine rings is 1. The summed E-state index contributed by atoms with van der Waals surface area (Å²) in [5.74, 6) is -0.430. The highest BCUT2D eigenvalue weighted by Gasteiger charge is 2.36. The number of carbonyl (C=O) groups excluding carboxylic acids is 1. The van der Waals surface area contributed by atoms with E-state index in [4.69, 9.17) is 5.11 Å². The number of benzene rings is 2. The average molecular weight is 403 g/mol. The molecule has 1 N–H and O–H groups in total. The predicted molar refractivity (Wildman–Crippen MR) is 108 cm³/mol. The maximum atomic E-state index is 13.1. The molecule has 1 fully saturated rings. The van der Waals surface area contributed by atoms with E-state index in [9.17, 15) is 13.2 Å². The Bertz CT molecular complexity index is 901. The first-order valence-corrected chi connectivity index (χ1v) is 10.8. The molecule has 150 valence electrons. The van der Waals surface area contributed by atoms with Crippen molar-refractivity contribution in [3.05, 3.63) is 65.7 Å². The molecule has 0 aromatic heterocycles. The molecule has 0 amide bonds. The SMILES string of the molecule is C[C@@H]1CN(S(=O)(=O)c2ccc(C(=O)CO)cc2)C[C@H](C)N1Cc1ccccc1. The lowest BCUT2D eigenvalue weighted by Crippen LogP contribution is -2.57. The van der Waals surface area contributed by atoms with Crippen molar-refractivity contribution in [1.82, 2.24) is 9.21 Å². The third-order valence-corrected chi connectivity index (χ3v) is 7.08. The van der Waals surface area contributed by atoms with Gasteiger partial charge in [-0.05, 0) is 43.7 Å². The van der Waals surface area contributed by atoms with Crippen LogP contribution in [0.2, 0.25) is 0 Å². The molecule has 0 spiro atoms. The Balaban J connectivity index is 1.75. The van der Waals surface area contributed by atoms with Crippen molar-refractivity contribution in [3.63, 3.8) is 0 Å². The minimum Gasteiger partial charge on any atom is -0.388 e. The number of Topliss-reactive ketones (excluding diaryl/α,β-unsaturated/α-hetero) is 1. The summed E-state index contributed by atoms with van der Waals surface area (Å²) in [6.07, 6.45) is 0. The Morgan fingerprint density at radius 2 is 1.57 bits per heavy atom. The number of nitrogens with zero attached hydrogens (tertiary/aromatic N) is 2. The Hall–Kier alpha value is -2.06. The summed E-state index contributed by atoms with van der Waals surface area (Å²) < 4.78 is 27.7. The first-order valence-electron chi connectivity index (χ1n) is 9.37. The number of ketones is 1. The zero-order chi connectivity index (χ0) is 20.3. The molecular weight excluding hydrogens is 376 g/mol. The summed E-state index contributed by atoms with van der Waals surface area (Å²) in [5.41, 5.74) is 1.51. The van der Waals surface area contributed by atoms with E-state index in [1.807, 2.05) is 32.0 Å². The maximum Gasteiger partial charge on any atom is 0.243 e. The van der Waals surface area contributed by atoms with Crippen molar-refractivity contribution in [2.75, 3.05) is 19.7 Å². The van der Waals surface area contributed by atoms with Crippen LogP contribution in [0.1, 0.15) is 29.8 Å². The van der Waals surface area contributed by atoms with Crippen LogP contribution in [0.4, 0.5) is 0 Å². The van der Waals surface area contributed by atoms with Crippen molar-refractivity contribution in [2.45, 2.75) is 37.4 Å². The third-order valence-electron chi connectivity index (χ3n) is 5.23. The van der Waals surface area contributed by atoms with E-state index in [-0.39, 0.29) is 17.0 Å². The predicted octanol–water partition coefficient (Wildman–Crippen LogP) is 2.15. The topological polar surface area (TPSA) is 77.9 Å². The molecule has 7 heteroatoms. The van der Waals surface area contributed by atoms with Gasteiger partial charge in [-0.1, -0.05) is 30.3 Å². The Kier molecular flexibility index (Phi) is 6.30. The van der Waals surface area contributed by atoms with Crippen LogP contribution in [0, 0.1) is 0 Å². The van der Waals surface area contributed by atoms with Gasteiger partial charge >= 0.3 is 0 Å². The van der Waals surface area contributed by atoms with Gasteiger partial charge < -0.3 is 5.11 Å². The van der Waals surface area contributed by atoms with E-state index in [0.717, 1.165) is 6.54 Å². The monoisotopic (exact) mass is 402 g/mol. The number of rotatable bonds is 6. The van der Waals surface area contributed by atoms with E-state index in [1.54, 1.807) is 0 Å². The highest BCUT2D eigenvalue weighted by atomic mass is 32.2. The average Bonchev–Trinajstić information content (AvgIpc) is 2.70. The number of aliphatic hydroxyl groups excluding tert-OH is 1. The van der Waals surface area contributed by atoms with Gasteiger partial charge in [0.25, 0.3) is 0 Å². The normalized spacial score (nSPS) is 21.5. The van der Waals surface area contributed by atoms with Gasteiger partial charge in [-0.3, -0.25) is 9.69 Å². The molecule has 28 heavy (non-hydrogen) atoms. The van der Waals surface area contributed by atoms with Gasteiger partial charge in [0.1, 0.15) is 6.61 Å². The Labute approximate surface area is 166 Å². The molecule has 2 aromatic rings. The molecular formula is C21H26N2O4S. The minimum absolute atomic E-state index is 0.0778. The van der Waals surface area contributed by atoms with Crippen LogP contribution < -0.4 is 0 Å². The summed E-state index contributed by atoms with van der Waals surface area (Å²) in [5, 5.41) is 8.93. The molecule has 1 saturated heterocycles. The Morgan fingerprint density at radius 1 is 1.00 bits per heavy atom. The van der Waals surface area contributed by atoms with Gasteiger partial charge in [0.05, 0.1) is 4.90 Å². The van der Waals surface area contributed by atoms with E-state index in [1.165, 1.54) is 34.1 Å². The van der Waals surface area contributed by atoms with E-state index in [0.29, 0.717) is 18.7 Å². The molecule has 0 unspecified atom stereocenters. The molecule has 0 aliphatic carbocycles. The second-order valence-electron chi connectivity index (χ2n) is 7.28. The van der Waals surface area contributed by atoms with Gasteiger partial charge in [-0.25, -0.2) is 8.42 Å². The van der Waals surface area contributed by atoms with E-state index in [2.05, 4.69) is 17.0 Å². The smallest absolute Gasteiger partial charge is 0.243 e. The van der Waals surface area contributed by atoms with Crippen molar-refractivity contribution in [2.24, 2.45) is 0 Å². The van der Waals surface area contributed by atoms with Crippen LogP contribution in [-0.2, 0) is 16.6 Å². The van der Waals surface area contributed by atoms with Crippen LogP contribution >= 0.6 is 0 Å². The number of hydrogen-bond acceptors (Lipinski definition) is 5. The summed E-state index contributed by atoms with van der Waals surface area (Å²) in [6.45, 7) is 5.11. The van der Waals surface area contributed by atoms with E-state index >= 15 is 0 Å². The van der Waals surface area contributed by atoms with E-state index < -0.39 is 22.4 Å². The minimum atomic E-state index is -3.64. The fourth-order valence-corrected chi connectivity index (χ4v) is 5.27. The number of aliphatic hydroxyl groups is 1. The maximum absolute atomic E-state index is 13.1. The summed E-state index contributed by atoms with van der Waals surface area (Å²) in [6, 6.07) is 16.1. The molecule has 0 saturated carbocycles. The highest BCUT2D eigenvalue weighted by molar-refractivity contribution is 7.89. The zero-order valence-electron chi connectivity index (χ0n) is 16.2. The molecule has 2 atom stereocenters. The van der Waals surface area contributed by atoms with Gasteiger partial charge in [0.15, 0.2) is 5.78 Å². The summed E-state index contributed by atoms with van der Waals surface area (Å²) in [4.78, 5) is 14.0. The lowest BCUT2D eigenvalue weighted by Gasteiger charge is -2.43. The standard InChI is InChI=1S/C21H26N2O4S/c1-16-12-22(13-17(2)23(16)14-18-6-4-3-5-7-18)28(26,27)20-10-8-19(9-11-20)21(25)15-24/h3-11,16-17,24H,12-15H2,1-2H3/t16-,17+. The Morgan fingerprint density at radius 3 is 2.11 bits per heavy atom. The van der Waals surface area contributed by atoms with Crippen LogP contribution in [0.3, 0.4) is 0 Å². The van der Waals surface area contributed by atoms with Crippen molar-refractivity contribution >= 4 is 15.8 Å². The quantitative estimate of drug-likeness (QED) is 0.749. The molecule has 0 radical (unpaired) electrons. The number of hydrogen-bond donors (Lipinski definition) is 1. The summed E-state index contributed by atoms with van der Waals surface area (Å²) in [7, 11) is -3.64. The highest BCUT2D eigenvalue weighted by Crippen LogP contribution is 2.25.